The fraction of sp³-hybridized carbons (Fsp3) is 0.0909. The summed E-state index contributed by atoms with van der Waals surface area (Å²) in [6, 6.07) is 9.79. The number of benzene rings is 3. The van der Waals surface area contributed by atoms with Crippen LogP contribution in [0.4, 0.5) is 28.9 Å². The summed E-state index contributed by atoms with van der Waals surface area (Å²) < 4.78 is 53.1. The summed E-state index contributed by atoms with van der Waals surface area (Å²) in [5, 5.41) is 5.40. The molecule has 0 bridgehead atoms. The number of alkyl halides is 3. The number of carbonyl (C=O) groups is 2. The Kier molecular flexibility index (Phi) is 5.29. The lowest BCUT2D eigenvalue weighted by Gasteiger charge is -2.18. The predicted octanol–water partition coefficient (Wildman–Crippen LogP) is 5.17. The van der Waals surface area contributed by atoms with Gasteiger partial charge in [0.05, 0.1) is 11.6 Å². The number of amides is 2. The van der Waals surface area contributed by atoms with Crippen molar-refractivity contribution < 1.29 is 27.2 Å². The number of rotatable bonds is 3. The Morgan fingerprint density at radius 1 is 1.09 bits per heavy atom. The quantitative estimate of drug-likeness (QED) is 0.370. The van der Waals surface area contributed by atoms with Crippen molar-refractivity contribution in [3.63, 3.8) is 0 Å². The normalized spacial score (nSPS) is 15.3. The van der Waals surface area contributed by atoms with Crippen LogP contribution < -0.4 is 16.4 Å². The van der Waals surface area contributed by atoms with Crippen molar-refractivity contribution in [2.75, 3.05) is 11.1 Å². The Balaban J connectivity index is 1.75. The Labute approximate surface area is 184 Å². The van der Waals surface area contributed by atoms with Gasteiger partial charge in [0.1, 0.15) is 5.82 Å². The molecule has 10 heteroatoms. The number of halogens is 5. The molecule has 0 aliphatic carbocycles. The van der Waals surface area contributed by atoms with Gasteiger partial charge in [-0.05, 0) is 48.5 Å². The number of carbonyl (C=O) groups excluding carboxylic acids is 2. The molecule has 1 heterocycles. The summed E-state index contributed by atoms with van der Waals surface area (Å²) in [5.74, 6) is -1.91. The SMILES string of the molecule is Nc1cc(C(=O)Nc2cccc3c2C(c2cc(F)ccc2Cl)NC3=O)cc(C(F)(F)F)c1. The zero-order chi connectivity index (χ0) is 23.2. The molecular weight excluding hydrogens is 450 g/mol. The second-order valence-corrected chi connectivity index (χ2v) is 7.54. The highest BCUT2D eigenvalue weighted by Gasteiger charge is 2.35. The molecule has 1 unspecified atom stereocenters. The highest BCUT2D eigenvalue weighted by atomic mass is 35.5. The standard InChI is InChI=1S/C22H14ClF4N3O2/c23-16-5-4-12(24)9-15(16)19-18-14(21(32)30-19)2-1-3-17(18)29-20(31)10-6-11(22(25,26)27)8-13(28)7-10/h1-9,19H,28H2,(H,29,31)(H,30,32). The third-order valence-electron chi connectivity index (χ3n) is 4.98. The molecule has 0 spiro atoms. The molecule has 0 fully saturated rings. The van der Waals surface area contributed by atoms with Gasteiger partial charge in [-0.3, -0.25) is 9.59 Å². The number of anilines is 2. The maximum atomic E-state index is 13.8. The first-order valence-corrected chi connectivity index (χ1v) is 9.60. The molecule has 1 aliphatic heterocycles. The largest absolute Gasteiger partial charge is 0.416 e. The van der Waals surface area contributed by atoms with Crippen LogP contribution in [0.5, 0.6) is 0 Å². The summed E-state index contributed by atoms with van der Waals surface area (Å²) in [5.41, 5.74) is 4.89. The first kappa shape index (κ1) is 21.6. The molecule has 0 radical (unpaired) electrons. The van der Waals surface area contributed by atoms with E-state index in [0.717, 1.165) is 24.3 Å². The molecule has 1 atom stereocenters. The van der Waals surface area contributed by atoms with Gasteiger partial charge in [-0.15, -0.1) is 0 Å². The fourth-order valence-corrected chi connectivity index (χ4v) is 3.80. The lowest BCUT2D eigenvalue weighted by Crippen LogP contribution is -2.21. The molecule has 1 aliphatic rings. The predicted molar refractivity (Wildman–Crippen MR) is 111 cm³/mol. The molecule has 3 aromatic rings. The lowest BCUT2D eigenvalue weighted by molar-refractivity contribution is -0.137. The van der Waals surface area contributed by atoms with Crippen LogP contribution in [0.25, 0.3) is 0 Å². The monoisotopic (exact) mass is 463 g/mol. The second-order valence-electron chi connectivity index (χ2n) is 7.13. The van der Waals surface area contributed by atoms with Crippen LogP contribution in [0.3, 0.4) is 0 Å². The van der Waals surface area contributed by atoms with E-state index >= 15 is 0 Å². The molecule has 3 aromatic carbocycles. The van der Waals surface area contributed by atoms with E-state index in [1.807, 2.05) is 0 Å². The van der Waals surface area contributed by atoms with E-state index in [1.54, 1.807) is 0 Å². The van der Waals surface area contributed by atoms with E-state index < -0.39 is 35.4 Å². The van der Waals surface area contributed by atoms with Gasteiger partial charge in [-0.2, -0.15) is 13.2 Å². The van der Waals surface area contributed by atoms with Crippen LogP contribution in [0.2, 0.25) is 5.02 Å². The first-order chi connectivity index (χ1) is 15.0. The third-order valence-corrected chi connectivity index (χ3v) is 5.32. The van der Waals surface area contributed by atoms with E-state index in [2.05, 4.69) is 10.6 Å². The number of fused-ring (bicyclic) bond motifs is 1. The average Bonchev–Trinajstić information content (AvgIpc) is 3.06. The molecule has 0 aromatic heterocycles. The topological polar surface area (TPSA) is 84.2 Å². The number of nitrogen functional groups attached to an aromatic ring is 1. The number of nitrogens with one attached hydrogen (secondary N) is 2. The number of nitrogens with two attached hydrogens (primary N) is 1. The van der Waals surface area contributed by atoms with Gasteiger partial charge < -0.3 is 16.4 Å². The minimum absolute atomic E-state index is 0.159. The number of hydrogen-bond donors (Lipinski definition) is 3. The maximum absolute atomic E-state index is 13.8. The van der Waals surface area contributed by atoms with Gasteiger partial charge >= 0.3 is 6.18 Å². The average molecular weight is 464 g/mol. The Morgan fingerprint density at radius 3 is 2.56 bits per heavy atom. The second kappa shape index (κ2) is 7.83. The summed E-state index contributed by atoms with van der Waals surface area (Å²) in [6.45, 7) is 0. The van der Waals surface area contributed by atoms with Crippen molar-refractivity contribution in [3.05, 3.63) is 93.3 Å². The molecule has 4 N–H and O–H groups in total. The van der Waals surface area contributed by atoms with E-state index in [4.69, 9.17) is 17.3 Å². The zero-order valence-electron chi connectivity index (χ0n) is 16.1. The van der Waals surface area contributed by atoms with Gasteiger partial charge in [-0.1, -0.05) is 17.7 Å². The minimum atomic E-state index is -4.69. The van der Waals surface area contributed by atoms with E-state index in [0.29, 0.717) is 11.6 Å². The molecule has 0 saturated carbocycles. The molecule has 164 valence electrons. The highest BCUT2D eigenvalue weighted by molar-refractivity contribution is 6.31. The molecule has 32 heavy (non-hydrogen) atoms. The van der Waals surface area contributed by atoms with Crippen LogP contribution in [-0.2, 0) is 6.18 Å². The zero-order valence-corrected chi connectivity index (χ0v) is 16.8. The van der Waals surface area contributed by atoms with Crippen molar-refractivity contribution in [1.29, 1.82) is 0 Å². The highest BCUT2D eigenvalue weighted by Crippen LogP contribution is 2.39. The van der Waals surface area contributed by atoms with Crippen molar-refractivity contribution in [3.8, 4) is 0 Å². The summed E-state index contributed by atoms with van der Waals surface area (Å²) >= 11 is 6.20. The van der Waals surface area contributed by atoms with E-state index in [1.165, 1.54) is 24.3 Å². The third kappa shape index (κ3) is 3.99. The van der Waals surface area contributed by atoms with Crippen LogP contribution in [-0.4, -0.2) is 11.8 Å². The van der Waals surface area contributed by atoms with Gasteiger partial charge in [0.25, 0.3) is 11.8 Å². The fourth-order valence-electron chi connectivity index (χ4n) is 3.57. The molecule has 5 nitrogen and oxygen atoms in total. The van der Waals surface area contributed by atoms with Crippen LogP contribution in [0, 0.1) is 5.82 Å². The Morgan fingerprint density at radius 2 is 1.84 bits per heavy atom. The van der Waals surface area contributed by atoms with E-state index in [-0.39, 0.29) is 33.1 Å². The maximum Gasteiger partial charge on any atom is 0.416 e. The molecule has 0 saturated heterocycles. The summed E-state index contributed by atoms with van der Waals surface area (Å²) in [6.07, 6.45) is -4.69. The Bertz CT molecular complexity index is 1260. The lowest BCUT2D eigenvalue weighted by atomic mass is 9.96. The molecule has 2 amide bonds. The smallest absolute Gasteiger partial charge is 0.399 e. The summed E-state index contributed by atoms with van der Waals surface area (Å²) in [4.78, 5) is 25.2. The van der Waals surface area contributed by atoms with Crippen LogP contribution in [0.15, 0.2) is 54.6 Å². The van der Waals surface area contributed by atoms with Crippen LogP contribution in [0.1, 0.15) is 43.4 Å². The minimum Gasteiger partial charge on any atom is -0.399 e. The number of hydrogen-bond acceptors (Lipinski definition) is 3. The first-order valence-electron chi connectivity index (χ1n) is 9.22. The van der Waals surface area contributed by atoms with Gasteiger partial charge in [0, 0.05) is 38.7 Å². The molecular formula is C22H14ClF4N3O2. The van der Waals surface area contributed by atoms with Gasteiger partial charge in [-0.25, -0.2) is 4.39 Å². The van der Waals surface area contributed by atoms with Crippen molar-refractivity contribution in [1.82, 2.24) is 5.32 Å². The summed E-state index contributed by atoms with van der Waals surface area (Å²) in [7, 11) is 0. The van der Waals surface area contributed by atoms with Crippen molar-refractivity contribution >= 4 is 34.8 Å². The van der Waals surface area contributed by atoms with E-state index in [9.17, 15) is 27.2 Å². The van der Waals surface area contributed by atoms with Crippen molar-refractivity contribution in [2.45, 2.75) is 12.2 Å². The Hall–Kier alpha value is -3.59. The molecule has 4 rings (SSSR count). The van der Waals surface area contributed by atoms with Crippen LogP contribution >= 0.6 is 11.6 Å². The van der Waals surface area contributed by atoms with Gasteiger partial charge in [0.2, 0.25) is 0 Å². The van der Waals surface area contributed by atoms with Gasteiger partial charge in [0.15, 0.2) is 0 Å². The van der Waals surface area contributed by atoms with Crippen molar-refractivity contribution in [2.24, 2.45) is 0 Å².